The van der Waals surface area contributed by atoms with E-state index in [0.717, 1.165) is 36.3 Å². The lowest BCUT2D eigenvalue weighted by atomic mass is 9.83. The van der Waals surface area contributed by atoms with Gasteiger partial charge in [-0.3, -0.25) is 9.59 Å². The Bertz CT molecular complexity index is 940. The Kier molecular flexibility index (Phi) is 9.80. The van der Waals surface area contributed by atoms with Gasteiger partial charge < -0.3 is 20.3 Å². The number of halogens is 1. The molecular weight excluding hydrogens is 450 g/mol. The number of hydrogen-bond acceptors (Lipinski definition) is 4. The third kappa shape index (κ3) is 6.89. The number of benzene rings is 1. The lowest BCUT2D eigenvalue weighted by Gasteiger charge is -2.27. The quantitative estimate of drug-likeness (QED) is 0.147. The molecule has 0 aromatic heterocycles. The number of unbranched alkanes of at least 4 members (excludes halogenated alkanes) is 1. The van der Waals surface area contributed by atoms with Crippen LogP contribution in [0.2, 0.25) is 5.02 Å². The number of amides is 2. The molecule has 186 valence electrons. The minimum Gasteiger partial charge on any atom is -0.502 e. The molecule has 0 fully saturated rings. The summed E-state index contributed by atoms with van der Waals surface area (Å²) in [5.74, 6) is -0.788. The van der Waals surface area contributed by atoms with E-state index in [9.17, 15) is 9.59 Å². The van der Waals surface area contributed by atoms with Crippen molar-refractivity contribution in [1.82, 2.24) is 10.6 Å². The van der Waals surface area contributed by atoms with Crippen LogP contribution in [0.5, 0.6) is 0 Å². The molecule has 0 spiro atoms. The van der Waals surface area contributed by atoms with E-state index in [1.165, 1.54) is 6.26 Å². The normalized spacial score (nSPS) is 15.3. The average Bonchev–Trinajstić information content (AvgIpc) is 2.93. The zero-order chi connectivity index (χ0) is 25.5. The van der Waals surface area contributed by atoms with Crippen LogP contribution in [-0.4, -0.2) is 37.0 Å². The first-order chi connectivity index (χ1) is 16.0. The van der Waals surface area contributed by atoms with Crippen LogP contribution in [0.25, 0.3) is 0 Å². The molecule has 34 heavy (non-hydrogen) atoms. The van der Waals surface area contributed by atoms with Crippen molar-refractivity contribution < 1.29 is 14.3 Å². The number of hydrogen-bond donors (Lipinski definition) is 2. The van der Waals surface area contributed by atoms with E-state index in [2.05, 4.69) is 36.0 Å². The molecule has 1 heterocycles. The summed E-state index contributed by atoms with van der Waals surface area (Å²) in [7, 11) is 0. The highest BCUT2D eigenvalue weighted by Crippen LogP contribution is 2.48. The van der Waals surface area contributed by atoms with Crippen molar-refractivity contribution in [2.24, 2.45) is 0 Å². The van der Waals surface area contributed by atoms with Gasteiger partial charge in [-0.2, -0.15) is 0 Å². The van der Waals surface area contributed by atoms with Crippen LogP contribution < -0.4 is 15.5 Å². The van der Waals surface area contributed by atoms with Gasteiger partial charge in [0.05, 0.1) is 12.9 Å². The summed E-state index contributed by atoms with van der Waals surface area (Å²) in [5.41, 5.74) is 2.95. The zero-order valence-corrected chi connectivity index (χ0v) is 22.0. The number of anilines is 1. The third-order valence-corrected chi connectivity index (χ3v) is 5.84. The second-order valence-corrected chi connectivity index (χ2v) is 10.0. The van der Waals surface area contributed by atoms with Gasteiger partial charge in [0.2, 0.25) is 0 Å². The minimum atomic E-state index is -0.394. The second-order valence-electron chi connectivity index (χ2n) is 9.57. The summed E-state index contributed by atoms with van der Waals surface area (Å²) < 4.78 is 5.26. The highest BCUT2D eigenvalue weighted by molar-refractivity contribution is 6.31. The standard InChI is InChI=1S/C27H38ClN3O3/c1-8-34-16-10-9-15-31-23-17-20(28)11-13-22(23)27(6,7)24(31)14-12-21(25(32)29-18(2)3)26(33)30-19(4)5/h8,11-14,17-19H,1,9-10,15-16H2,2-7H3,(H,29,32)(H,30,33)/b24-14-. The Morgan fingerprint density at radius 1 is 1.12 bits per heavy atom. The summed E-state index contributed by atoms with van der Waals surface area (Å²) in [5, 5.41) is 6.33. The molecule has 0 radical (unpaired) electrons. The van der Waals surface area contributed by atoms with Crippen LogP contribution >= 0.6 is 11.6 Å². The van der Waals surface area contributed by atoms with Crippen LogP contribution in [0, 0.1) is 0 Å². The second kappa shape index (κ2) is 12.1. The van der Waals surface area contributed by atoms with Gasteiger partial charge in [0, 0.05) is 40.5 Å². The van der Waals surface area contributed by atoms with Gasteiger partial charge in [-0.05, 0) is 70.4 Å². The van der Waals surface area contributed by atoms with Gasteiger partial charge >= 0.3 is 0 Å². The first-order valence-electron chi connectivity index (χ1n) is 11.8. The fourth-order valence-electron chi connectivity index (χ4n) is 4.04. The molecule has 6 nitrogen and oxygen atoms in total. The number of nitrogens with one attached hydrogen (secondary N) is 2. The molecule has 1 aromatic rings. The number of rotatable bonds is 11. The van der Waals surface area contributed by atoms with E-state index in [1.54, 1.807) is 6.08 Å². The molecule has 0 saturated heterocycles. The van der Waals surface area contributed by atoms with Crippen molar-refractivity contribution in [3.8, 4) is 0 Å². The topological polar surface area (TPSA) is 70.7 Å². The average molecular weight is 488 g/mol. The minimum absolute atomic E-state index is 0.0824. The van der Waals surface area contributed by atoms with Crippen LogP contribution in [0.15, 0.2) is 54.5 Å². The highest BCUT2D eigenvalue weighted by Gasteiger charge is 2.39. The van der Waals surface area contributed by atoms with Crippen molar-refractivity contribution in [3.05, 3.63) is 65.0 Å². The maximum Gasteiger partial charge on any atom is 0.257 e. The number of carbonyl (C=O) groups is 2. The highest BCUT2D eigenvalue weighted by atomic mass is 35.5. The molecule has 0 atom stereocenters. The molecule has 2 rings (SSSR count). The lowest BCUT2D eigenvalue weighted by molar-refractivity contribution is -0.124. The molecule has 2 amide bonds. The molecule has 1 aliphatic heterocycles. The van der Waals surface area contributed by atoms with E-state index in [-0.39, 0.29) is 23.1 Å². The van der Waals surface area contributed by atoms with Crippen LogP contribution in [-0.2, 0) is 19.7 Å². The number of nitrogens with zero attached hydrogens (tertiary/aromatic N) is 1. The van der Waals surface area contributed by atoms with E-state index in [1.807, 2.05) is 52.0 Å². The third-order valence-electron chi connectivity index (χ3n) is 5.60. The number of allylic oxidation sites excluding steroid dienone is 3. The summed E-state index contributed by atoms with van der Waals surface area (Å²) in [6.45, 7) is 16.7. The van der Waals surface area contributed by atoms with Gasteiger partial charge in [0.15, 0.2) is 0 Å². The lowest BCUT2D eigenvalue weighted by Crippen LogP contribution is -2.39. The predicted octanol–water partition coefficient (Wildman–Crippen LogP) is 5.24. The molecule has 0 unspecified atom stereocenters. The van der Waals surface area contributed by atoms with Gasteiger partial charge in [-0.25, -0.2) is 0 Å². The Morgan fingerprint density at radius 3 is 2.29 bits per heavy atom. The van der Waals surface area contributed by atoms with Crippen molar-refractivity contribution in [1.29, 1.82) is 0 Å². The fraction of sp³-hybridized carbons (Fsp3) is 0.481. The van der Waals surface area contributed by atoms with Crippen molar-refractivity contribution >= 4 is 29.1 Å². The van der Waals surface area contributed by atoms with Gasteiger partial charge in [0.1, 0.15) is 5.57 Å². The smallest absolute Gasteiger partial charge is 0.257 e. The van der Waals surface area contributed by atoms with Gasteiger partial charge in [-0.15, -0.1) is 0 Å². The maximum absolute atomic E-state index is 12.8. The predicted molar refractivity (Wildman–Crippen MR) is 140 cm³/mol. The molecule has 0 aliphatic carbocycles. The molecule has 0 bridgehead atoms. The molecule has 0 saturated carbocycles. The summed E-state index contributed by atoms with van der Waals surface area (Å²) in [6.07, 6.45) is 6.75. The molecule has 2 N–H and O–H groups in total. The number of fused-ring (bicyclic) bond motifs is 1. The van der Waals surface area contributed by atoms with Gasteiger partial charge in [0.25, 0.3) is 11.8 Å². The van der Waals surface area contributed by atoms with Gasteiger partial charge in [-0.1, -0.05) is 38.1 Å². The summed E-state index contributed by atoms with van der Waals surface area (Å²) >= 11 is 6.34. The SMILES string of the molecule is C=COCCCCN1/C(=C\C=C(C(=O)NC(C)C)C(=O)NC(C)C)C(C)(C)c2ccc(Cl)cc21. The summed E-state index contributed by atoms with van der Waals surface area (Å²) in [6, 6.07) is 5.75. The van der Waals surface area contributed by atoms with E-state index < -0.39 is 11.8 Å². The fourth-order valence-corrected chi connectivity index (χ4v) is 4.20. The van der Waals surface area contributed by atoms with Crippen molar-refractivity contribution in [2.45, 2.75) is 71.9 Å². The van der Waals surface area contributed by atoms with E-state index in [4.69, 9.17) is 16.3 Å². The molecule has 7 heteroatoms. The first-order valence-corrected chi connectivity index (χ1v) is 12.2. The number of carbonyl (C=O) groups excluding carboxylic acids is 2. The Labute approximate surface area is 209 Å². The zero-order valence-electron chi connectivity index (χ0n) is 21.2. The Hall–Kier alpha value is -2.73. The summed E-state index contributed by atoms with van der Waals surface area (Å²) in [4.78, 5) is 27.9. The van der Waals surface area contributed by atoms with Crippen molar-refractivity contribution in [2.75, 3.05) is 18.1 Å². The number of ether oxygens (including phenoxy) is 1. The van der Waals surface area contributed by atoms with Crippen LogP contribution in [0.1, 0.15) is 59.9 Å². The van der Waals surface area contributed by atoms with Crippen molar-refractivity contribution in [3.63, 3.8) is 0 Å². The van der Waals surface area contributed by atoms with Crippen LogP contribution in [0.3, 0.4) is 0 Å². The Balaban J connectivity index is 2.49. The first kappa shape index (κ1) is 27.5. The van der Waals surface area contributed by atoms with E-state index >= 15 is 0 Å². The maximum atomic E-state index is 12.8. The van der Waals surface area contributed by atoms with E-state index in [0.29, 0.717) is 11.6 Å². The molecular formula is C27H38ClN3O3. The monoisotopic (exact) mass is 487 g/mol. The van der Waals surface area contributed by atoms with Crippen LogP contribution in [0.4, 0.5) is 5.69 Å². The Morgan fingerprint density at radius 2 is 1.74 bits per heavy atom. The molecule has 1 aromatic carbocycles. The molecule has 1 aliphatic rings. The largest absolute Gasteiger partial charge is 0.502 e.